The van der Waals surface area contributed by atoms with Crippen LogP contribution < -0.4 is 10.6 Å². The number of carboxylic acids is 1. The summed E-state index contributed by atoms with van der Waals surface area (Å²) in [6.07, 6.45) is 4.25. The van der Waals surface area contributed by atoms with Crippen molar-refractivity contribution in [1.82, 2.24) is 10.3 Å². The molecule has 6 nitrogen and oxygen atoms in total. The Bertz CT molecular complexity index is 470. The van der Waals surface area contributed by atoms with Crippen LogP contribution in [0.5, 0.6) is 0 Å². The quantitative estimate of drug-likeness (QED) is 0.762. The Hall–Kier alpha value is -2.11. The lowest BCUT2D eigenvalue weighted by Gasteiger charge is -2.28. The van der Waals surface area contributed by atoms with Gasteiger partial charge in [0.1, 0.15) is 0 Å². The summed E-state index contributed by atoms with van der Waals surface area (Å²) in [5.41, 5.74) is 0.112. The molecule has 1 aromatic rings. The van der Waals surface area contributed by atoms with E-state index in [4.69, 9.17) is 5.11 Å². The summed E-state index contributed by atoms with van der Waals surface area (Å²) in [6.45, 7) is 5.95. The number of rotatable bonds is 5. The largest absolute Gasteiger partial charge is 0.478 e. The molecule has 0 saturated carbocycles. The Labute approximate surface area is 112 Å². The SMILES string of the molecule is CCC(C)(CC)NC(=O)Nc1cncc(C(=O)O)c1. The fraction of sp³-hybridized carbons (Fsp3) is 0.462. The molecule has 2 amide bonds. The number of aromatic carboxylic acids is 1. The molecular weight excluding hydrogens is 246 g/mol. The molecule has 0 unspecified atom stereocenters. The molecule has 6 heteroatoms. The van der Waals surface area contributed by atoms with Gasteiger partial charge in [0, 0.05) is 11.7 Å². The summed E-state index contributed by atoms with van der Waals surface area (Å²) in [5, 5.41) is 14.3. The summed E-state index contributed by atoms with van der Waals surface area (Å²) in [4.78, 5) is 26.4. The van der Waals surface area contributed by atoms with E-state index in [-0.39, 0.29) is 17.1 Å². The van der Waals surface area contributed by atoms with Crippen molar-refractivity contribution in [2.24, 2.45) is 0 Å². The van der Waals surface area contributed by atoms with Crippen LogP contribution in [0.4, 0.5) is 10.5 Å². The molecule has 0 saturated heterocycles. The first kappa shape index (κ1) is 14.9. The van der Waals surface area contributed by atoms with E-state index in [1.807, 2.05) is 20.8 Å². The zero-order valence-electron chi connectivity index (χ0n) is 11.4. The predicted molar refractivity (Wildman–Crippen MR) is 72.3 cm³/mol. The lowest BCUT2D eigenvalue weighted by Crippen LogP contribution is -2.46. The highest BCUT2D eigenvalue weighted by Crippen LogP contribution is 2.14. The van der Waals surface area contributed by atoms with E-state index in [0.717, 1.165) is 12.8 Å². The molecule has 0 fully saturated rings. The number of nitrogens with one attached hydrogen (secondary N) is 2. The van der Waals surface area contributed by atoms with Gasteiger partial charge in [-0.2, -0.15) is 0 Å². The minimum absolute atomic E-state index is 0.0338. The Morgan fingerprint density at radius 2 is 1.95 bits per heavy atom. The molecular formula is C13H19N3O3. The number of hydrogen-bond donors (Lipinski definition) is 3. The van der Waals surface area contributed by atoms with Crippen molar-refractivity contribution in [3.63, 3.8) is 0 Å². The Kier molecular flexibility index (Phi) is 4.86. The van der Waals surface area contributed by atoms with E-state index in [9.17, 15) is 9.59 Å². The number of amides is 2. The van der Waals surface area contributed by atoms with Crippen LogP contribution in [-0.4, -0.2) is 27.6 Å². The molecule has 104 valence electrons. The zero-order chi connectivity index (χ0) is 14.5. The third kappa shape index (κ3) is 4.24. The summed E-state index contributed by atoms with van der Waals surface area (Å²) in [7, 11) is 0. The van der Waals surface area contributed by atoms with Gasteiger partial charge in [0.05, 0.1) is 17.4 Å². The van der Waals surface area contributed by atoms with E-state index in [0.29, 0.717) is 5.69 Å². The highest BCUT2D eigenvalue weighted by molar-refractivity contribution is 5.92. The summed E-state index contributed by atoms with van der Waals surface area (Å²) >= 11 is 0. The van der Waals surface area contributed by atoms with Crippen molar-refractivity contribution in [3.8, 4) is 0 Å². The lowest BCUT2D eigenvalue weighted by atomic mass is 9.96. The number of carbonyl (C=O) groups excluding carboxylic acids is 1. The molecule has 3 N–H and O–H groups in total. The van der Waals surface area contributed by atoms with Gasteiger partial charge in [-0.25, -0.2) is 9.59 Å². The number of urea groups is 1. The average Bonchev–Trinajstić information content (AvgIpc) is 2.38. The Balaban J connectivity index is 2.72. The molecule has 0 spiro atoms. The molecule has 1 rings (SSSR count). The molecule has 1 aromatic heterocycles. The highest BCUT2D eigenvalue weighted by Gasteiger charge is 2.21. The normalized spacial score (nSPS) is 10.9. The van der Waals surface area contributed by atoms with Gasteiger partial charge in [-0.15, -0.1) is 0 Å². The number of hydrogen-bond acceptors (Lipinski definition) is 3. The molecule has 0 atom stereocenters. The summed E-state index contributed by atoms with van der Waals surface area (Å²) in [5.74, 6) is -1.08. The van der Waals surface area contributed by atoms with Crippen LogP contribution in [0, 0.1) is 0 Å². The Morgan fingerprint density at radius 3 is 2.47 bits per heavy atom. The molecule has 19 heavy (non-hydrogen) atoms. The van der Waals surface area contributed by atoms with Crippen LogP contribution in [-0.2, 0) is 0 Å². The zero-order valence-corrected chi connectivity index (χ0v) is 11.4. The van der Waals surface area contributed by atoms with Crippen molar-refractivity contribution < 1.29 is 14.7 Å². The fourth-order valence-electron chi connectivity index (χ4n) is 1.49. The van der Waals surface area contributed by atoms with E-state index in [1.54, 1.807) is 0 Å². The van der Waals surface area contributed by atoms with Crippen LogP contribution >= 0.6 is 0 Å². The number of carbonyl (C=O) groups is 2. The average molecular weight is 265 g/mol. The van der Waals surface area contributed by atoms with Gasteiger partial charge in [0.2, 0.25) is 0 Å². The van der Waals surface area contributed by atoms with Crippen LogP contribution in [0.1, 0.15) is 44.0 Å². The van der Waals surface area contributed by atoms with Crippen LogP contribution in [0.3, 0.4) is 0 Å². The molecule has 1 heterocycles. The van der Waals surface area contributed by atoms with Crippen LogP contribution in [0.15, 0.2) is 18.5 Å². The Morgan fingerprint density at radius 1 is 1.32 bits per heavy atom. The minimum atomic E-state index is -1.08. The summed E-state index contributed by atoms with van der Waals surface area (Å²) < 4.78 is 0. The first-order chi connectivity index (χ1) is 8.90. The van der Waals surface area contributed by atoms with Gasteiger partial charge in [0.15, 0.2) is 0 Å². The fourth-order valence-corrected chi connectivity index (χ4v) is 1.49. The van der Waals surface area contributed by atoms with Gasteiger partial charge in [-0.3, -0.25) is 4.98 Å². The van der Waals surface area contributed by atoms with Gasteiger partial charge >= 0.3 is 12.0 Å². The molecule has 0 aliphatic rings. The molecule has 0 radical (unpaired) electrons. The number of carboxylic acid groups (broad SMARTS) is 1. The van der Waals surface area contributed by atoms with Gasteiger partial charge in [-0.05, 0) is 25.8 Å². The van der Waals surface area contributed by atoms with Crippen molar-refractivity contribution in [3.05, 3.63) is 24.0 Å². The van der Waals surface area contributed by atoms with Gasteiger partial charge in [-0.1, -0.05) is 13.8 Å². The third-order valence-electron chi connectivity index (χ3n) is 3.22. The second kappa shape index (κ2) is 6.17. The smallest absolute Gasteiger partial charge is 0.337 e. The number of anilines is 1. The monoisotopic (exact) mass is 265 g/mol. The van der Waals surface area contributed by atoms with Crippen molar-refractivity contribution >= 4 is 17.7 Å². The second-order valence-electron chi connectivity index (χ2n) is 4.61. The van der Waals surface area contributed by atoms with Gasteiger partial charge in [0.25, 0.3) is 0 Å². The first-order valence-electron chi connectivity index (χ1n) is 6.17. The van der Waals surface area contributed by atoms with Gasteiger partial charge < -0.3 is 15.7 Å². The first-order valence-corrected chi connectivity index (χ1v) is 6.17. The number of aromatic nitrogens is 1. The van der Waals surface area contributed by atoms with E-state index < -0.39 is 5.97 Å². The van der Waals surface area contributed by atoms with E-state index >= 15 is 0 Å². The number of nitrogens with zero attached hydrogens (tertiary/aromatic N) is 1. The summed E-state index contributed by atoms with van der Waals surface area (Å²) in [6, 6.07) is 1.000. The second-order valence-corrected chi connectivity index (χ2v) is 4.61. The van der Waals surface area contributed by atoms with E-state index in [1.165, 1.54) is 18.5 Å². The molecule has 0 aliphatic heterocycles. The van der Waals surface area contributed by atoms with Crippen molar-refractivity contribution in [2.75, 3.05) is 5.32 Å². The third-order valence-corrected chi connectivity index (χ3v) is 3.22. The standard InChI is InChI=1S/C13H19N3O3/c1-4-13(3,5-2)16-12(19)15-10-6-9(11(17)18)7-14-8-10/h6-8H,4-5H2,1-3H3,(H,17,18)(H2,15,16,19). The van der Waals surface area contributed by atoms with Crippen molar-refractivity contribution in [2.45, 2.75) is 39.2 Å². The lowest BCUT2D eigenvalue weighted by molar-refractivity contribution is 0.0696. The predicted octanol–water partition coefficient (Wildman–Crippen LogP) is 2.48. The van der Waals surface area contributed by atoms with E-state index in [2.05, 4.69) is 15.6 Å². The van der Waals surface area contributed by atoms with Crippen LogP contribution in [0.25, 0.3) is 0 Å². The number of pyridine rings is 1. The minimum Gasteiger partial charge on any atom is -0.478 e. The maximum Gasteiger partial charge on any atom is 0.337 e. The van der Waals surface area contributed by atoms with Crippen LogP contribution in [0.2, 0.25) is 0 Å². The molecule has 0 aromatic carbocycles. The maximum atomic E-state index is 11.8. The molecule has 0 aliphatic carbocycles. The molecule has 0 bridgehead atoms. The maximum absolute atomic E-state index is 11.8. The van der Waals surface area contributed by atoms with Crippen molar-refractivity contribution in [1.29, 1.82) is 0 Å². The topological polar surface area (TPSA) is 91.3 Å². The highest BCUT2D eigenvalue weighted by atomic mass is 16.4.